The van der Waals surface area contributed by atoms with Gasteiger partial charge in [-0.15, -0.1) is 0 Å². The van der Waals surface area contributed by atoms with Gasteiger partial charge in [0, 0.05) is 31.9 Å². The number of morpholine rings is 1. The molecule has 0 unspecified atom stereocenters. The molecule has 2 aliphatic heterocycles. The lowest BCUT2D eigenvalue weighted by Crippen LogP contribution is -2.40. The van der Waals surface area contributed by atoms with Gasteiger partial charge in [0.2, 0.25) is 20.0 Å². The molecular formula is C22H25Cl2N3O6S2. The topological polar surface area (TPSA) is 113 Å². The van der Waals surface area contributed by atoms with Crippen LogP contribution in [0, 0.1) is 0 Å². The van der Waals surface area contributed by atoms with Crippen molar-refractivity contribution >= 4 is 54.8 Å². The normalized spacial score (nSPS) is 18.3. The summed E-state index contributed by atoms with van der Waals surface area (Å²) < 4.78 is 60.1. The molecule has 1 amide bonds. The number of ether oxygens (including phenoxy) is 1. The van der Waals surface area contributed by atoms with Gasteiger partial charge in [-0.2, -0.15) is 8.61 Å². The Morgan fingerprint density at radius 3 is 2.11 bits per heavy atom. The number of halogens is 2. The van der Waals surface area contributed by atoms with Gasteiger partial charge >= 0.3 is 0 Å². The average molecular weight is 562 g/mol. The average Bonchev–Trinajstić information content (AvgIpc) is 2.86. The predicted octanol–water partition coefficient (Wildman–Crippen LogP) is 3.44. The van der Waals surface area contributed by atoms with Crippen LogP contribution < -0.4 is 5.32 Å². The van der Waals surface area contributed by atoms with Crippen molar-refractivity contribution in [2.24, 2.45) is 0 Å². The van der Waals surface area contributed by atoms with Gasteiger partial charge in [-0.3, -0.25) is 4.79 Å². The van der Waals surface area contributed by atoms with E-state index in [4.69, 9.17) is 27.9 Å². The molecule has 13 heteroatoms. The molecule has 190 valence electrons. The Hall–Kier alpha value is -1.73. The fourth-order valence-corrected chi connectivity index (χ4v) is 7.65. The van der Waals surface area contributed by atoms with Crippen LogP contribution in [0.3, 0.4) is 0 Å². The first-order valence-electron chi connectivity index (χ1n) is 11.1. The van der Waals surface area contributed by atoms with E-state index in [1.165, 1.54) is 45.0 Å². The summed E-state index contributed by atoms with van der Waals surface area (Å²) in [5, 5.41) is 2.68. The number of benzene rings is 2. The molecule has 2 aliphatic rings. The Kier molecular flexibility index (Phi) is 8.06. The third kappa shape index (κ3) is 5.66. The first-order valence-corrected chi connectivity index (χ1v) is 14.7. The quantitative estimate of drug-likeness (QED) is 0.577. The lowest BCUT2D eigenvalue weighted by atomic mass is 10.2. The van der Waals surface area contributed by atoms with Gasteiger partial charge in [-0.05, 0) is 49.2 Å². The number of nitrogens with zero attached hydrogens (tertiary/aromatic N) is 2. The van der Waals surface area contributed by atoms with E-state index in [1.54, 1.807) is 0 Å². The maximum absolute atomic E-state index is 13.1. The van der Waals surface area contributed by atoms with E-state index in [-0.39, 0.29) is 57.4 Å². The Bertz CT molecular complexity index is 1320. The van der Waals surface area contributed by atoms with Crippen molar-refractivity contribution in [2.75, 3.05) is 44.7 Å². The maximum Gasteiger partial charge on any atom is 0.257 e. The minimum atomic E-state index is -3.90. The largest absolute Gasteiger partial charge is 0.379 e. The van der Waals surface area contributed by atoms with Gasteiger partial charge in [0.25, 0.3) is 5.91 Å². The van der Waals surface area contributed by atoms with Crippen molar-refractivity contribution in [2.45, 2.75) is 29.1 Å². The molecule has 0 saturated carbocycles. The number of carbonyl (C=O) groups excluding carboxylic acids is 1. The van der Waals surface area contributed by atoms with Crippen LogP contribution in [0.15, 0.2) is 46.2 Å². The molecule has 0 spiro atoms. The summed E-state index contributed by atoms with van der Waals surface area (Å²) in [4.78, 5) is 12.9. The molecule has 2 heterocycles. The van der Waals surface area contributed by atoms with E-state index in [9.17, 15) is 21.6 Å². The number of rotatable bonds is 6. The summed E-state index contributed by atoms with van der Waals surface area (Å²) in [5.74, 6) is -0.678. The summed E-state index contributed by atoms with van der Waals surface area (Å²) in [7, 11) is -7.67. The van der Waals surface area contributed by atoms with Gasteiger partial charge in [0.05, 0.1) is 33.7 Å². The maximum atomic E-state index is 13.1. The highest BCUT2D eigenvalue weighted by molar-refractivity contribution is 7.89. The summed E-state index contributed by atoms with van der Waals surface area (Å²) in [6.07, 6.45) is 2.55. The Morgan fingerprint density at radius 1 is 0.800 bits per heavy atom. The molecule has 0 atom stereocenters. The number of carbonyl (C=O) groups is 1. The minimum absolute atomic E-state index is 0.0159. The third-order valence-electron chi connectivity index (χ3n) is 5.91. The van der Waals surface area contributed by atoms with Crippen LogP contribution in [0.25, 0.3) is 0 Å². The van der Waals surface area contributed by atoms with Crippen LogP contribution >= 0.6 is 23.2 Å². The number of anilines is 1. The zero-order valence-corrected chi connectivity index (χ0v) is 21.9. The monoisotopic (exact) mass is 561 g/mol. The van der Waals surface area contributed by atoms with Crippen molar-refractivity contribution < 1.29 is 26.4 Å². The van der Waals surface area contributed by atoms with E-state index in [0.717, 1.165) is 19.3 Å². The number of hydrogen-bond acceptors (Lipinski definition) is 6. The molecule has 2 saturated heterocycles. The molecule has 35 heavy (non-hydrogen) atoms. The van der Waals surface area contributed by atoms with Crippen LogP contribution in [-0.2, 0) is 24.8 Å². The molecule has 4 rings (SSSR count). The molecule has 2 aromatic rings. The third-order valence-corrected chi connectivity index (χ3v) is 10.5. The second-order valence-corrected chi connectivity index (χ2v) is 12.9. The highest BCUT2D eigenvalue weighted by atomic mass is 35.5. The summed E-state index contributed by atoms with van der Waals surface area (Å²) >= 11 is 12.4. The number of amides is 1. The molecule has 0 bridgehead atoms. The predicted molar refractivity (Wildman–Crippen MR) is 133 cm³/mol. The standard InChI is InChI=1S/C22H25Cl2N3O6S2/c23-19-7-5-17(34(29,30)26-8-2-1-3-9-26)15-18(19)22(28)25-16-4-6-20(24)21(14-16)35(31,32)27-10-12-33-13-11-27/h4-7,14-15H,1-3,8-13H2,(H,25,28). The van der Waals surface area contributed by atoms with Crippen LogP contribution in [0.5, 0.6) is 0 Å². The molecule has 0 aromatic heterocycles. The van der Waals surface area contributed by atoms with E-state index in [2.05, 4.69) is 5.32 Å². The molecule has 0 aliphatic carbocycles. The SMILES string of the molecule is O=C(Nc1ccc(Cl)c(S(=O)(=O)N2CCOCC2)c1)c1cc(S(=O)(=O)N2CCCCC2)ccc1Cl. The highest BCUT2D eigenvalue weighted by Crippen LogP contribution is 2.30. The lowest BCUT2D eigenvalue weighted by Gasteiger charge is -2.26. The second-order valence-electron chi connectivity index (χ2n) is 8.22. The fourth-order valence-electron chi connectivity index (χ4n) is 4.00. The number of sulfonamides is 2. The van der Waals surface area contributed by atoms with Gasteiger partial charge < -0.3 is 10.1 Å². The number of hydrogen-bond donors (Lipinski definition) is 1. The summed E-state index contributed by atoms with van der Waals surface area (Å²) in [6.45, 7) is 1.81. The van der Waals surface area contributed by atoms with Crippen molar-refractivity contribution in [3.8, 4) is 0 Å². The van der Waals surface area contributed by atoms with Gasteiger partial charge in [-0.1, -0.05) is 29.6 Å². The van der Waals surface area contributed by atoms with Crippen molar-refractivity contribution in [3.63, 3.8) is 0 Å². The Labute approximate surface area is 215 Å². The molecule has 9 nitrogen and oxygen atoms in total. The van der Waals surface area contributed by atoms with Crippen LogP contribution in [0.4, 0.5) is 5.69 Å². The lowest BCUT2D eigenvalue weighted by molar-refractivity contribution is 0.0730. The van der Waals surface area contributed by atoms with Crippen molar-refractivity contribution in [1.29, 1.82) is 0 Å². The van der Waals surface area contributed by atoms with Gasteiger partial charge in [-0.25, -0.2) is 16.8 Å². The fraction of sp³-hybridized carbons (Fsp3) is 0.409. The number of piperidine rings is 1. The summed E-state index contributed by atoms with van der Waals surface area (Å²) in [5.41, 5.74) is 0.129. The highest BCUT2D eigenvalue weighted by Gasteiger charge is 2.30. The molecule has 0 radical (unpaired) electrons. The molecule has 2 aromatic carbocycles. The molecule has 2 fully saturated rings. The van der Waals surface area contributed by atoms with Crippen molar-refractivity contribution in [1.82, 2.24) is 8.61 Å². The van der Waals surface area contributed by atoms with Crippen LogP contribution in [0.1, 0.15) is 29.6 Å². The van der Waals surface area contributed by atoms with E-state index in [1.807, 2.05) is 0 Å². The minimum Gasteiger partial charge on any atom is -0.379 e. The first kappa shape index (κ1) is 26.3. The molecular weight excluding hydrogens is 537 g/mol. The van der Waals surface area contributed by atoms with E-state index < -0.39 is 26.0 Å². The smallest absolute Gasteiger partial charge is 0.257 e. The van der Waals surface area contributed by atoms with Gasteiger partial charge in [0.15, 0.2) is 0 Å². The second kappa shape index (κ2) is 10.7. The summed E-state index contributed by atoms with van der Waals surface area (Å²) in [6, 6.07) is 8.09. The zero-order valence-electron chi connectivity index (χ0n) is 18.7. The van der Waals surface area contributed by atoms with Gasteiger partial charge in [0.1, 0.15) is 4.90 Å². The van der Waals surface area contributed by atoms with Crippen LogP contribution in [0.2, 0.25) is 10.0 Å². The van der Waals surface area contributed by atoms with E-state index >= 15 is 0 Å². The van der Waals surface area contributed by atoms with Crippen molar-refractivity contribution in [3.05, 3.63) is 52.0 Å². The van der Waals surface area contributed by atoms with Crippen LogP contribution in [-0.4, -0.2) is 70.7 Å². The zero-order chi connectivity index (χ0) is 25.2. The Balaban J connectivity index is 1.59. The van der Waals surface area contributed by atoms with E-state index in [0.29, 0.717) is 13.1 Å². The first-order chi connectivity index (χ1) is 16.6. The molecule has 1 N–H and O–H groups in total. The number of nitrogens with one attached hydrogen (secondary N) is 1. The Morgan fingerprint density at radius 2 is 1.43 bits per heavy atom.